The monoisotopic (exact) mass is 451 g/mol. The van der Waals surface area contributed by atoms with Crippen molar-refractivity contribution in [2.24, 2.45) is 11.8 Å². The first-order valence-electron chi connectivity index (χ1n) is 11.8. The maximum atomic E-state index is 13.1. The zero-order valence-electron chi connectivity index (χ0n) is 20.5. The minimum atomic E-state index is -0.897. The molecule has 0 spiro atoms. The average molecular weight is 452 g/mol. The summed E-state index contributed by atoms with van der Waals surface area (Å²) in [5.41, 5.74) is 1.91. The van der Waals surface area contributed by atoms with Crippen molar-refractivity contribution in [3.8, 4) is 0 Å². The molecule has 33 heavy (non-hydrogen) atoms. The van der Waals surface area contributed by atoms with Crippen molar-refractivity contribution in [2.45, 2.75) is 58.5 Å². The van der Waals surface area contributed by atoms with Crippen LogP contribution in [-0.4, -0.2) is 47.2 Å². The van der Waals surface area contributed by atoms with E-state index in [1.807, 2.05) is 57.2 Å². The standard InChI is InChI=1S/C28H37NO4/c1-20-18-29(15-14-28(20,5)24-13-9-12-22(17-24)25(30)31)19-23(26(32)33-27(2,3)4)16-21-10-7-6-8-11-21/h6-13,17,20,23H,14-16,18-19H2,1-5H3,(H,30,31)/t20-,23+,28+/m0/s1. The maximum Gasteiger partial charge on any atom is 0.335 e. The minimum absolute atomic E-state index is 0.108. The third-order valence-electron chi connectivity index (χ3n) is 6.88. The van der Waals surface area contributed by atoms with Crippen molar-refractivity contribution in [1.82, 2.24) is 4.90 Å². The van der Waals surface area contributed by atoms with Gasteiger partial charge in [-0.25, -0.2) is 4.79 Å². The number of aromatic carboxylic acids is 1. The predicted octanol–water partition coefficient (Wildman–Crippen LogP) is 5.18. The zero-order valence-corrected chi connectivity index (χ0v) is 20.5. The molecule has 2 aromatic carbocycles. The number of ether oxygens (including phenoxy) is 1. The quantitative estimate of drug-likeness (QED) is 0.587. The van der Waals surface area contributed by atoms with Crippen LogP contribution in [0.1, 0.15) is 62.5 Å². The van der Waals surface area contributed by atoms with Crippen molar-refractivity contribution < 1.29 is 19.4 Å². The van der Waals surface area contributed by atoms with Crippen molar-refractivity contribution in [3.05, 3.63) is 71.3 Å². The van der Waals surface area contributed by atoms with E-state index in [4.69, 9.17) is 4.74 Å². The fraction of sp³-hybridized carbons (Fsp3) is 0.500. The second kappa shape index (κ2) is 10.1. The van der Waals surface area contributed by atoms with Gasteiger partial charge >= 0.3 is 11.9 Å². The van der Waals surface area contributed by atoms with Gasteiger partial charge in [-0.15, -0.1) is 0 Å². The Kier molecular flexibility index (Phi) is 7.63. The molecule has 5 heteroatoms. The fourth-order valence-corrected chi connectivity index (χ4v) is 4.74. The van der Waals surface area contributed by atoms with Crippen molar-refractivity contribution in [2.75, 3.05) is 19.6 Å². The molecule has 5 nitrogen and oxygen atoms in total. The van der Waals surface area contributed by atoms with Gasteiger partial charge in [0, 0.05) is 13.1 Å². The molecule has 2 aromatic rings. The Hall–Kier alpha value is -2.66. The van der Waals surface area contributed by atoms with E-state index in [0.29, 0.717) is 24.4 Å². The highest BCUT2D eigenvalue weighted by Gasteiger charge is 2.39. The van der Waals surface area contributed by atoms with E-state index < -0.39 is 11.6 Å². The molecule has 3 atom stereocenters. The topological polar surface area (TPSA) is 66.8 Å². The number of nitrogens with zero attached hydrogens (tertiary/aromatic N) is 1. The molecule has 1 fully saturated rings. The number of carboxylic acid groups (broad SMARTS) is 1. The molecule has 0 unspecified atom stereocenters. The van der Waals surface area contributed by atoms with Crippen LogP contribution in [0.4, 0.5) is 0 Å². The molecular weight excluding hydrogens is 414 g/mol. The molecule has 3 rings (SSSR count). The van der Waals surface area contributed by atoms with Crippen LogP contribution in [0.3, 0.4) is 0 Å². The number of piperidine rings is 1. The maximum absolute atomic E-state index is 13.1. The lowest BCUT2D eigenvalue weighted by Gasteiger charge is -2.46. The molecule has 1 aliphatic heterocycles. The zero-order chi connectivity index (χ0) is 24.2. The highest BCUT2D eigenvalue weighted by molar-refractivity contribution is 5.87. The minimum Gasteiger partial charge on any atom is -0.478 e. The molecule has 0 radical (unpaired) electrons. The van der Waals surface area contributed by atoms with Crippen LogP contribution in [0.2, 0.25) is 0 Å². The highest BCUT2D eigenvalue weighted by Crippen LogP contribution is 2.40. The molecule has 0 aliphatic carbocycles. The van der Waals surface area contributed by atoms with E-state index in [0.717, 1.165) is 30.6 Å². The summed E-state index contributed by atoms with van der Waals surface area (Å²) in [6.07, 6.45) is 1.56. The lowest BCUT2D eigenvalue weighted by Crippen LogP contribution is -2.49. The van der Waals surface area contributed by atoms with E-state index in [2.05, 4.69) is 30.9 Å². The summed E-state index contributed by atoms with van der Waals surface area (Å²) in [7, 11) is 0. The lowest BCUT2D eigenvalue weighted by molar-refractivity contribution is -0.160. The number of likely N-dealkylation sites (tertiary alicyclic amines) is 1. The van der Waals surface area contributed by atoms with Crippen molar-refractivity contribution in [3.63, 3.8) is 0 Å². The molecule has 1 N–H and O–H groups in total. The van der Waals surface area contributed by atoms with Gasteiger partial charge in [-0.1, -0.05) is 56.3 Å². The Morgan fingerprint density at radius 1 is 1.15 bits per heavy atom. The number of benzene rings is 2. The van der Waals surface area contributed by atoms with E-state index in [1.165, 1.54) is 0 Å². The number of carboxylic acids is 1. The summed E-state index contributed by atoms with van der Waals surface area (Å²) in [6, 6.07) is 17.4. The Morgan fingerprint density at radius 3 is 2.45 bits per heavy atom. The lowest BCUT2D eigenvalue weighted by atomic mass is 9.67. The number of hydrogen-bond acceptors (Lipinski definition) is 4. The molecule has 178 valence electrons. The summed E-state index contributed by atoms with van der Waals surface area (Å²) in [4.78, 5) is 26.9. The van der Waals surface area contributed by atoms with Crippen LogP contribution in [0.25, 0.3) is 0 Å². The number of hydrogen-bond donors (Lipinski definition) is 1. The Bertz CT molecular complexity index is 965. The predicted molar refractivity (Wildman–Crippen MR) is 130 cm³/mol. The van der Waals surface area contributed by atoms with Gasteiger partial charge in [0.15, 0.2) is 0 Å². The van der Waals surface area contributed by atoms with Gasteiger partial charge in [0.2, 0.25) is 0 Å². The molecule has 1 heterocycles. The summed E-state index contributed by atoms with van der Waals surface area (Å²) in [6.45, 7) is 12.5. The van der Waals surface area contributed by atoms with Gasteiger partial charge in [0.05, 0.1) is 11.5 Å². The fourth-order valence-electron chi connectivity index (χ4n) is 4.74. The summed E-state index contributed by atoms with van der Waals surface area (Å²) < 4.78 is 5.77. The van der Waals surface area contributed by atoms with Gasteiger partial charge in [0.25, 0.3) is 0 Å². The second-order valence-electron chi connectivity index (χ2n) is 10.6. The van der Waals surface area contributed by atoms with E-state index >= 15 is 0 Å². The van der Waals surface area contributed by atoms with Gasteiger partial charge in [-0.3, -0.25) is 4.79 Å². The molecule has 0 aromatic heterocycles. The largest absolute Gasteiger partial charge is 0.478 e. The summed E-state index contributed by atoms with van der Waals surface area (Å²) in [5.74, 6) is -0.974. The van der Waals surface area contributed by atoms with Crippen LogP contribution in [0, 0.1) is 11.8 Å². The number of carbonyl (C=O) groups excluding carboxylic acids is 1. The third-order valence-corrected chi connectivity index (χ3v) is 6.88. The first-order chi connectivity index (χ1) is 15.5. The molecule has 1 saturated heterocycles. The molecule has 1 aliphatic rings. The van der Waals surface area contributed by atoms with Gasteiger partial charge in [0.1, 0.15) is 5.60 Å². The van der Waals surface area contributed by atoms with Crippen LogP contribution in [-0.2, 0) is 21.4 Å². The van der Waals surface area contributed by atoms with Crippen molar-refractivity contribution in [1.29, 1.82) is 0 Å². The SMILES string of the molecule is C[C@H]1CN(C[C@@H](Cc2ccccc2)C(=O)OC(C)(C)C)CC[C@@]1(C)c1cccc(C(=O)O)c1. The summed E-state index contributed by atoms with van der Waals surface area (Å²) >= 11 is 0. The average Bonchev–Trinajstić information content (AvgIpc) is 2.75. The normalized spacial score (nSPS) is 22.5. The van der Waals surface area contributed by atoms with Gasteiger partial charge in [-0.2, -0.15) is 0 Å². The first kappa shape index (κ1) is 25.0. The van der Waals surface area contributed by atoms with E-state index in [9.17, 15) is 14.7 Å². The summed E-state index contributed by atoms with van der Waals surface area (Å²) in [5, 5.41) is 9.40. The molecule has 0 bridgehead atoms. The Morgan fingerprint density at radius 2 is 1.85 bits per heavy atom. The van der Waals surface area contributed by atoms with Crippen LogP contribution < -0.4 is 0 Å². The number of carbonyl (C=O) groups is 2. The Balaban J connectivity index is 1.74. The van der Waals surface area contributed by atoms with Crippen LogP contribution in [0.15, 0.2) is 54.6 Å². The number of esters is 1. The molecule has 0 saturated carbocycles. The number of rotatable bonds is 7. The van der Waals surface area contributed by atoms with Crippen molar-refractivity contribution >= 4 is 11.9 Å². The third kappa shape index (κ3) is 6.44. The highest BCUT2D eigenvalue weighted by atomic mass is 16.6. The van der Waals surface area contributed by atoms with Gasteiger partial charge < -0.3 is 14.7 Å². The van der Waals surface area contributed by atoms with E-state index in [-0.39, 0.29) is 17.3 Å². The molecular formula is C28H37NO4. The van der Waals surface area contributed by atoms with Gasteiger partial charge in [-0.05, 0) is 74.8 Å². The smallest absolute Gasteiger partial charge is 0.335 e. The second-order valence-corrected chi connectivity index (χ2v) is 10.6. The first-order valence-corrected chi connectivity index (χ1v) is 11.8. The van der Waals surface area contributed by atoms with Crippen LogP contribution >= 0.6 is 0 Å². The van der Waals surface area contributed by atoms with Crippen LogP contribution in [0.5, 0.6) is 0 Å². The molecule has 0 amide bonds. The van der Waals surface area contributed by atoms with E-state index in [1.54, 1.807) is 6.07 Å². The Labute approximate surface area is 197 Å².